The Labute approximate surface area is 171 Å². The molecular weight excluding hydrogens is 346 g/mol. The molecule has 1 N–H and O–H groups in total. The molecule has 0 spiro atoms. The first kappa shape index (κ1) is 22.1. The van der Waals surface area contributed by atoms with Crippen LogP contribution in [-0.4, -0.2) is 16.8 Å². The fraction of sp³-hybridized carbons (Fsp3) is 0.520. The predicted octanol–water partition coefficient (Wildman–Crippen LogP) is 6.47. The Kier molecular flexibility index (Phi) is 9.74. The molecule has 1 heterocycles. The number of aryl methyl sites for hydroxylation is 4. The van der Waals surface area contributed by atoms with Gasteiger partial charge in [-0.25, -0.2) is 0 Å². The minimum atomic E-state index is 0.206. The van der Waals surface area contributed by atoms with Crippen LogP contribution in [-0.2, 0) is 25.8 Å². The molecule has 0 fully saturated rings. The van der Waals surface area contributed by atoms with Gasteiger partial charge in [-0.1, -0.05) is 38.3 Å². The minimum Gasteiger partial charge on any atom is -0.504 e. The van der Waals surface area contributed by atoms with Gasteiger partial charge in [-0.2, -0.15) is 0 Å². The number of allylic oxidation sites excluding steroid dienone is 1. The summed E-state index contributed by atoms with van der Waals surface area (Å²) in [7, 11) is 1.59. The van der Waals surface area contributed by atoms with Crippen molar-refractivity contribution in [2.24, 2.45) is 0 Å². The smallest absolute Gasteiger partial charge is 0.160 e. The molecule has 0 saturated carbocycles. The number of phenols is 1. The van der Waals surface area contributed by atoms with E-state index in [0.717, 1.165) is 38.6 Å². The third kappa shape index (κ3) is 7.10. The van der Waals surface area contributed by atoms with Crippen LogP contribution >= 0.6 is 0 Å². The molecular formula is C25H37NO2. The number of phenolic OH excluding ortho intramolecular Hbond substituents is 1. The number of nitrogens with zero attached hydrogens (tertiary/aromatic N) is 1. The predicted molar refractivity (Wildman–Crippen MR) is 118 cm³/mol. The Morgan fingerprint density at radius 3 is 2.50 bits per heavy atom. The maximum Gasteiger partial charge on any atom is 0.160 e. The van der Waals surface area contributed by atoms with Crippen molar-refractivity contribution in [3.8, 4) is 11.5 Å². The van der Waals surface area contributed by atoms with Gasteiger partial charge in [0.25, 0.3) is 0 Å². The van der Waals surface area contributed by atoms with E-state index in [9.17, 15) is 5.11 Å². The number of ether oxygens (including phenoxy) is 1. The molecule has 0 amide bonds. The number of hydrogen-bond acceptors (Lipinski definition) is 2. The van der Waals surface area contributed by atoms with Gasteiger partial charge in [0.15, 0.2) is 11.5 Å². The molecule has 0 radical (unpaired) electrons. The first-order chi connectivity index (χ1) is 13.7. The van der Waals surface area contributed by atoms with Crippen LogP contribution in [0.2, 0.25) is 0 Å². The molecule has 0 aliphatic rings. The van der Waals surface area contributed by atoms with Crippen molar-refractivity contribution >= 4 is 0 Å². The average molecular weight is 384 g/mol. The van der Waals surface area contributed by atoms with E-state index >= 15 is 0 Å². The summed E-state index contributed by atoms with van der Waals surface area (Å²) >= 11 is 0. The SMILES string of the molecule is C=CCCn1cc(CCCCCC)cc1CCCCc1ccc(O)c(OC)c1. The number of benzene rings is 1. The van der Waals surface area contributed by atoms with E-state index in [-0.39, 0.29) is 5.75 Å². The van der Waals surface area contributed by atoms with E-state index in [1.807, 2.05) is 18.2 Å². The molecule has 0 aliphatic carbocycles. The second kappa shape index (κ2) is 12.3. The van der Waals surface area contributed by atoms with E-state index in [2.05, 4.69) is 30.3 Å². The zero-order valence-corrected chi connectivity index (χ0v) is 17.8. The van der Waals surface area contributed by atoms with Crippen LogP contribution < -0.4 is 4.74 Å². The molecule has 0 aliphatic heterocycles. The Hall–Kier alpha value is -2.16. The lowest BCUT2D eigenvalue weighted by Crippen LogP contribution is -2.01. The molecule has 0 saturated heterocycles. The Balaban J connectivity index is 1.86. The summed E-state index contributed by atoms with van der Waals surface area (Å²) in [6.07, 6.45) is 16.2. The summed E-state index contributed by atoms with van der Waals surface area (Å²) in [4.78, 5) is 0. The van der Waals surface area contributed by atoms with Gasteiger partial charge in [0.05, 0.1) is 7.11 Å². The van der Waals surface area contributed by atoms with Crippen LogP contribution in [0, 0.1) is 0 Å². The minimum absolute atomic E-state index is 0.206. The highest BCUT2D eigenvalue weighted by atomic mass is 16.5. The van der Waals surface area contributed by atoms with Crippen molar-refractivity contribution in [2.45, 2.75) is 77.7 Å². The number of rotatable bonds is 14. The summed E-state index contributed by atoms with van der Waals surface area (Å²) in [6.45, 7) is 7.16. The van der Waals surface area contributed by atoms with Crippen LogP contribution in [0.4, 0.5) is 0 Å². The number of aromatic hydroxyl groups is 1. The maximum atomic E-state index is 9.72. The molecule has 2 rings (SSSR count). The third-order valence-electron chi connectivity index (χ3n) is 5.33. The molecule has 2 aromatic rings. The summed E-state index contributed by atoms with van der Waals surface area (Å²) in [5.41, 5.74) is 4.15. The topological polar surface area (TPSA) is 34.4 Å². The first-order valence-corrected chi connectivity index (χ1v) is 10.8. The molecule has 28 heavy (non-hydrogen) atoms. The maximum absolute atomic E-state index is 9.72. The second-order valence-electron chi connectivity index (χ2n) is 7.63. The van der Waals surface area contributed by atoms with Crippen molar-refractivity contribution in [1.29, 1.82) is 0 Å². The highest BCUT2D eigenvalue weighted by Crippen LogP contribution is 2.27. The monoisotopic (exact) mass is 383 g/mol. The van der Waals surface area contributed by atoms with Gasteiger partial charge in [0.2, 0.25) is 0 Å². The molecule has 154 valence electrons. The fourth-order valence-electron chi connectivity index (χ4n) is 3.68. The van der Waals surface area contributed by atoms with E-state index in [1.54, 1.807) is 13.2 Å². The number of aromatic nitrogens is 1. The van der Waals surface area contributed by atoms with Crippen LogP contribution in [0.5, 0.6) is 11.5 Å². The standard InChI is InChI=1S/C25H37NO2/c1-4-6-8-9-13-22-18-23(26(20-22)17-7-5-2)14-11-10-12-21-15-16-24(27)25(19-21)28-3/h5,15-16,18-20,27H,2,4,6-14,17H2,1,3H3. The van der Waals surface area contributed by atoms with Gasteiger partial charge in [-0.3, -0.25) is 0 Å². The summed E-state index contributed by atoms with van der Waals surface area (Å²) < 4.78 is 7.63. The highest BCUT2D eigenvalue weighted by Gasteiger charge is 2.07. The van der Waals surface area contributed by atoms with E-state index in [1.165, 1.54) is 48.9 Å². The third-order valence-corrected chi connectivity index (χ3v) is 5.33. The summed E-state index contributed by atoms with van der Waals surface area (Å²) in [5, 5.41) is 9.72. The largest absolute Gasteiger partial charge is 0.504 e. The molecule has 3 nitrogen and oxygen atoms in total. The van der Waals surface area contributed by atoms with Crippen molar-refractivity contribution in [3.63, 3.8) is 0 Å². The molecule has 0 atom stereocenters. The van der Waals surface area contributed by atoms with E-state index in [4.69, 9.17) is 4.74 Å². The van der Waals surface area contributed by atoms with Gasteiger partial charge < -0.3 is 14.4 Å². The van der Waals surface area contributed by atoms with Crippen molar-refractivity contribution < 1.29 is 9.84 Å². The van der Waals surface area contributed by atoms with Crippen LogP contribution in [0.3, 0.4) is 0 Å². The van der Waals surface area contributed by atoms with Gasteiger partial charge >= 0.3 is 0 Å². The van der Waals surface area contributed by atoms with Crippen LogP contribution in [0.25, 0.3) is 0 Å². The fourth-order valence-corrected chi connectivity index (χ4v) is 3.68. The number of unbranched alkanes of at least 4 members (excludes halogenated alkanes) is 4. The average Bonchev–Trinajstić information content (AvgIpc) is 3.10. The van der Waals surface area contributed by atoms with Gasteiger partial charge in [-0.15, -0.1) is 6.58 Å². The molecule has 1 aromatic carbocycles. The molecule has 0 bridgehead atoms. The van der Waals surface area contributed by atoms with Gasteiger partial charge in [0, 0.05) is 18.4 Å². The highest BCUT2D eigenvalue weighted by molar-refractivity contribution is 5.41. The Bertz CT molecular complexity index is 717. The summed E-state index contributed by atoms with van der Waals surface area (Å²) in [6, 6.07) is 8.06. The van der Waals surface area contributed by atoms with Crippen molar-refractivity contribution in [2.75, 3.05) is 7.11 Å². The molecule has 1 aromatic heterocycles. The van der Waals surface area contributed by atoms with Crippen molar-refractivity contribution in [3.05, 3.63) is 59.9 Å². The summed E-state index contributed by atoms with van der Waals surface area (Å²) in [5.74, 6) is 0.765. The van der Waals surface area contributed by atoms with Crippen molar-refractivity contribution in [1.82, 2.24) is 4.57 Å². The Morgan fingerprint density at radius 2 is 1.75 bits per heavy atom. The van der Waals surface area contributed by atoms with E-state index in [0.29, 0.717) is 5.75 Å². The zero-order valence-electron chi connectivity index (χ0n) is 17.8. The lowest BCUT2D eigenvalue weighted by atomic mass is 10.0. The molecule has 3 heteroatoms. The quantitative estimate of drug-likeness (QED) is 0.300. The molecule has 0 unspecified atom stereocenters. The number of methoxy groups -OCH3 is 1. The first-order valence-electron chi connectivity index (χ1n) is 10.8. The normalized spacial score (nSPS) is 10.9. The lowest BCUT2D eigenvalue weighted by molar-refractivity contribution is 0.373. The van der Waals surface area contributed by atoms with Crippen LogP contribution in [0.1, 0.15) is 68.7 Å². The van der Waals surface area contributed by atoms with Crippen LogP contribution in [0.15, 0.2) is 43.1 Å². The number of hydrogen-bond donors (Lipinski definition) is 1. The van der Waals surface area contributed by atoms with E-state index < -0.39 is 0 Å². The van der Waals surface area contributed by atoms with Gasteiger partial charge in [0.1, 0.15) is 0 Å². The lowest BCUT2D eigenvalue weighted by Gasteiger charge is -2.09. The van der Waals surface area contributed by atoms with Gasteiger partial charge in [-0.05, 0) is 74.3 Å². The Morgan fingerprint density at radius 1 is 1.00 bits per heavy atom. The second-order valence-corrected chi connectivity index (χ2v) is 7.63. The zero-order chi connectivity index (χ0) is 20.2.